The lowest BCUT2D eigenvalue weighted by Gasteiger charge is -2.09. The highest BCUT2D eigenvalue weighted by Crippen LogP contribution is 2.29. The van der Waals surface area contributed by atoms with Gasteiger partial charge < -0.3 is 9.47 Å². The Morgan fingerprint density at radius 2 is 1.81 bits per heavy atom. The largest absolute Gasteiger partial charge is 0.493 e. The van der Waals surface area contributed by atoms with Gasteiger partial charge in [0.05, 0.1) is 19.8 Å². The second-order valence-electron chi connectivity index (χ2n) is 5.88. The molecule has 4 aromatic rings. The Bertz CT molecular complexity index is 1090. The number of fused-ring (bicyclic) bond motifs is 1. The van der Waals surface area contributed by atoms with E-state index >= 15 is 0 Å². The lowest BCUT2D eigenvalue weighted by Crippen LogP contribution is -1.97. The predicted octanol–water partition coefficient (Wildman–Crippen LogP) is 3.79. The molecule has 0 N–H and O–H groups in total. The van der Waals surface area contributed by atoms with Gasteiger partial charge in [0, 0.05) is 6.42 Å². The highest BCUT2D eigenvalue weighted by molar-refractivity contribution is 7.16. The minimum Gasteiger partial charge on any atom is -0.493 e. The highest BCUT2D eigenvalue weighted by atomic mass is 32.1. The van der Waals surface area contributed by atoms with E-state index in [-0.39, 0.29) is 5.82 Å². The fraction of sp³-hybridized carbons (Fsp3) is 0.211. The Morgan fingerprint density at radius 1 is 1.00 bits per heavy atom. The fourth-order valence-electron chi connectivity index (χ4n) is 2.86. The van der Waals surface area contributed by atoms with E-state index in [2.05, 4.69) is 15.3 Å². The molecule has 4 rings (SSSR count). The van der Waals surface area contributed by atoms with Crippen LogP contribution in [0, 0.1) is 5.82 Å². The molecule has 0 aliphatic rings. The summed E-state index contributed by atoms with van der Waals surface area (Å²) in [6, 6.07) is 12.4. The Balaban J connectivity index is 1.56. The van der Waals surface area contributed by atoms with Crippen molar-refractivity contribution in [3.05, 3.63) is 58.9 Å². The van der Waals surface area contributed by atoms with Crippen LogP contribution >= 0.6 is 11.3 Å². The van der Waals surface area contributed by atoms with Gasteiger partial charge in [-0.25, -0.2) is 4.39 Å². The summed E-state index contributed by atoms with van der Waals surface area (Å²) in [6.07, 6.45) is 1.53. The number of halogens is 1. The second-order valence-corrected chi connectivity index (χ2v) is 6.92. The molecule has 0 saturated heterocycles. The van der Waals surface area contributed by atoms with E-state index in [1.54, 1.807) is 36.9 Å². The monoisotopic (exact) mass is 384 g/mol. The number of hydrogen-bond donors (Lipinski definition) is 0. The minimum absolute atomic E-state index is 0.341. The number of hydrogen-bond acceptors (Lipinski definition) is 6. The van der Waals surface area contributed by atoms with Crippen LogP contribution in [0.4, 0.5) is 4.39 Å². The van der Waals surface area contributed by atoms with Gasteiger partial charge >= 0.3 is 0 Å². The van der Waals surface area contributed by atoms with E-state index in [9.17, 15) is 4.39 Å². The van der Waals surface area contributed by atoms with E-state index in [4.69, 9.17) is 9.47 Å². The molecule has 2 aromatic heterocycles. The molecule has 0 saturated carbocycles. The van der Waals surface area contributed by atoms with Crippen molar-refractivity contribution in [2.24, 2.45) is 0 Å². The van der Waals surface area contributed by atoms with Gasteiger partial charge in [0.1, 0.15) is 10.8 Å². The lowest BCUT2D eigenvalue weighted by atomic mass is 10.1. The molecule has 2 heterocycles. The maximum atomic E-state index is 14.1. The molecule has 6 nitrogen and oxygen atoms in total. The molecule has 0 radical (unpaired) electrons. The van der Waals surface area contributed by atoms with Crippen LogP contribution in [0.15, 0.2) is 42.5 Å². The zero-order valence-electron chi connectivity index (χ0n) is 14.8. The minimum atomic E-state index is -0.341. The van der Waals surface area contributed by atoms with Crippen molar-refractivity contribution in [3.8, 4) is 22.9 Å². The number of ether oxygens (including phenoxy) is 2. The zero-order chi connectivity index (χ0) is 18.8. The molecule has 0 fully saturated rings. The molecule has 8 heteroatoms. The highest BCUT2D eigenvalue weighted by Gasteiger charge is 2.16. The third-order valence-corrected chi connectivity index (χ3v) is 5.18. The molecule has 0 unspecified atom stereocenters. The number of rotatable bonds is 6. The normalized spacial score (nSPS) is 11.1. The molecule has 27 heavy (non-hydrogen) atoms. The molecular formula is C19H17FN4O2S. The van der Waals surface area contributed by atoms with Gasteiger partial charge in [0.2, 0.25) is 4.96 Å². The van der Waals surface area contributed by atoms with Crippen LogP contribution in [0.1, 0.15) is 10.6 Å². The Kier molecular flexibility index (Phi) is 4.72. The van der Waals surface area contributed by atoms with E-state index in [1.165, 1.54) is 17.4 Å². The summed E-state index contributed by atoms with van der Waals surface area (Å²) in [7, 11) is 3.23. The van der Waals surface area contributed by atoms with Gasteiger partial charge in [0.15, 0.2) is 17.3 Å². The number of nitrogens with zero attached hydrogens (tertiary/aromatic N) is 4. The molecule has 0 bridgehead atoms. The number of aromatic nitrogens is 4. The van der Waals surface area contributed by atoms with Crippen LogP contribution in [-0.2, 0) is 12.8 Å². The molecule has 0 aliphatic carbocycles. The standard InChI is InChI=1S/C19H17FN4O2S/c1-25-15-9-7-12(11-16(15)26-2)8-10-17-23-24-18(21-22-19(24)27-17)13-5-3-4-6-14(13)20/h3-7,9,11H,8,10H2,1-2H3. The predicted molar refractivity (Wildman–Crippen MR) is 101 cm³/mol. The van der Waals surface area contributed by atoms with Crippen LogP contribution < -0.4 is 9.47 Å². The SMILES string of the molecule is COc1ccc(CCc2nn3c(-c4ccccc4F)nnc3s2)cc1OC. The topological polar surface area (TPSA) is 61.5 Å². The van der Waals surface area contributed by atoms with Crippen LogP contribution in [0.2, 0.25) is 0 Å². The molecule has 0 atom stereocenters. The van der Waals surface area contributed by atoms with Crippen molar-refractivity contribution in [2.45, 2.75) is 12.8 Å². The van der Waals surface area contributed by atoms with Gasteiger partial charge in [-0.05, 0) is 36.2 Å². The first-order valence-electron chi connectivity index (χ1n) is 8.36. The van der Waals surface area contributed by atoms with Crippen molar-refractivity contribution in [1.82, 2.24) is 19.8 Å². The summed E-state index contributed by atoms with van der Waals surface area (Å²) in [6.45, 7) is 0. The van der Waals surface area contributed by atoms with Crippen LogP contribution in [0.25, 0.3) is 16.3 Å². The van der Waals surface area contributed by atoms with Crippen molar-refractivity contribution in [1.29, 1.82) is 0 Å². The first-order valence-corrected chi connectivity index (χ1v) is 9.18. The maximum absolute atomic E-state index is 14.1. The van der Waals surface area contributed by atoms with Gasteiger partial charge in [-0.2, -0.15) is 9.61 Å². The summed E-state index contributed by atoms with van der Waals surface area (Å²) in [4.78, 5) is 0.649. The third-order valence-electron chi connectivity index (χ3n) is 4.22. The summed E-state index contributed by atoms with van der Waals surface area (Å²) in [5.41, 5.74) is 1.51. The molecule has 0 amide bonds. The van der Waals surface area contributed by atoms with E-state index in [0.717, 1.165) is 23.4 Å². The Morgan fingerprint density at radius 3 is 2.59 bits per heavy atom. The van der Waals surface area contributed by atoms with E-state index in [1.807, 2.05) is 18.2 Å². The Hall–Kier alpha value is -3.00. The van der Waals surface area contributed by atoms with Gasteiger partial charge in [-0.15, -0.1) is 10.2 Å². The number of methoxy groups -OCH3 is 2. The molecule has 0 aliphatic heterocycles. The number of aryl methyl sites for hydroxylation is 2. The van der Waals surface area contributed by atoms with Crippen LogP contribution in [0.5, 0.6) is 11.5 Å². The average molecular weight is 384 g/mol. The Labute approximate surface area is 159 Å². The summed E-state index contributed by atoms with van der Waals surface area (Å²) in [5.74, 6) is 1.48. The first kappa shape index (κ1) is 17.4. The lowest BCUT2D eigenvalue weighted by molar-refractivity contribution is 0.354. The van der Waals surface area contributed by atoms with Gasteiger partial charge in [-0.3, -0.25) is 0 Å². The summed E-state index contributed by atoms with van der Waals surface area (Å²) < 4.78 is 26.3. The van der Waals surface area contributed by atoms with Crippen molar-refractivity contribution >= 4 is 16.3 Å². The molecular weight excluding hydrogens is 367 g/mol. The van der Waals surface area contributed by atoms with Crippen molar-refractivity contribution in [2.75, 3.05) is 14.2 Å². The molecule has 2 aromatic carbocycles. The summed E-state index contributed by atoms with van der Waals surface area (Å²) >= 11 is 1.46. The van der Waals surface area contributed by atoms with Gasteiger partial charge in [-0.1, -0.05) is 29.5 Å². The zero-order valence-corrected chi connectivity index (χ0v) is 15.7. The van der Waals surface area contributed by atoms with Crippen LogP contribution in [-0.4, -0.2) is 34.0 Å². The third kappa shape index (κ3) is 3.35. The maximum Gasteiger partial charge on any atom is 0.234 e. The average Bonchev–Trinajstić information content (AvgIpc) is 3.27. The van der Waals surface area contributed by atoms with E-state index < -0.39 is 0 Å². The quantitative estimate of drug-likeness (QED) is 0.506. The van der Waals surface area contributed by atoms with Crippen molar-refractivity contribution < 1.29 is 13.9 Å². The number of benzene rings is 2. The van der Waals surface area contributed by atoms with Crippen molar-refractivity contribution in [3.63, 3.8) is 0 Å². The molecule has 138 valence electrons. The molecule has 0 spiro atoms. The first-order chi connectivity index (χ1) is 13.2. The second kappa shape index (κ2) is 7.32. The summed E-state index contributed by atoms with van der Waals surface area (Å²) in [5, 5.41) is 13.7. The van der Waals surface area contributed by atoms with Crippen LogP contribution in [0.3, 0.4) is 0 Å². The van der Waals surface area contributed by atoms with E-state index in [0.29, 0.717) is 27.8 Å². The van der Waals surface area contributed by atoms with Gasteiger partial charge in [0.25, 0.3) is 0 Å². The fourth-order valence-corrected chi connectivity index (χ4v) is 3.69. The smallest absolute Gasteiger partial charge is 0.234 e.